The van der Waals surface area contributed by atoms with Crippen LogP contribution in [-0.4, -0.2) is 5.60 Å². The molecule has 0 aliphatic carbocycles. The van der Waals surface area contributed by atoms with Gasteiger partial charge < -0.3 is 14.2 Å². The summed E-state index contributed by atoms with van der Waals surface area (Å²) in [4.78, 5) is 0. The van der Waals surface area contributed by atoms with Gasteiger partial charge in [-0.2, -0.15) is 0 Å². The van der Waals surface area contributed by atoms with Crippen molar-refractivity contribution in [2.45, 2.75) is 97.9 Å². The lowest BCUT2D eigenvalue weighted by Crippen LogP contribution is -2.27. The molecular weight excluding hydrogens is 444 g/mol. The Labute approximate surface area is 218 Å². The van der Waals surface area contributed by atoms with E-state index in [0.717, 1.165) is 35.7 Å². The van der Waals surface area contributed by atoms with Gasteiger partial charge >= 0.3 is 0 Å². The third kappa shape index (κ3) is 8.71. The second-order valence-electron chi connectivity index (χ2n) is 11.0. The highest BCUT2D eigenvalue weighted by Gasteiger charge is 2.20. The van der Waals surface area contributed by atoms with Crippen molar-refractivity contribution < 1.29 is 14.2 Å². The molecule has 0 bridgehead atoms. The SMILES string of the molecule is CCCCC(C)(C)c1ccc(COCc2ccc(Oc3ccc(OC(C)(C)CCC)cc3)cc2)cc1. The summed E-state index contributed by atoms with van der Waals surface area (Å²) in [5.74, 6) is 2.46. The van der Waals surface area contributed by atoms with E-state index in [1.807, 2.05) is 36.4 Å². The van der Waals surface area contributed by atoms with Crippen LogP contribution in [0, 0.1) is 0 Å². The van der Waals surface area contributed by atoms with Crippen molar-refractivity contribution in [2.75, 3.05) is 0 Å². The lowest BCUT2D eigenvalue weighted by Gasteiger charge is -2.26. The normalized spacial score (nSPS) is 11.9. The molecule has 3 nitrogen and oxygen atoms in total. The summed E-state index contributed by atoms with van der Waals surface area (Å²) in [6.45, 7) is 14.5. The Morgan fingerprint density at radius 1 is 0.583 bits per heavy atom. The quantitative estimate of drug-likeness (QED) is 0.226. The van der Waals surface area contributed by atoms with E-state index in [2.05, 4.69) is 77.9 Å². The van der Waals surface area contributed by atoms with Crippen LogP contribution >= 0.6 is 0 Å². The maximum Gasteiger partial charge on any atom is 0.127 e. The standard InChI is InChI=1S/C33H44O3/c1-7-9-23-32(3,4)28-14-10-26(11-15-28)24-34-25-27-12-16-29(17-13-27)35-30-18-20-31(21-19-30)36-33(5,6)22-8-2/h10-21H,7-9,22-25H2,1-6H3. The van der Waals surface area contributed by atoms with Crippen molar-refractivity contribution in [3.63, 3.8) is 0 Å². The molecule has 3 aromatic carbocycles. The van der Waals surface area contributed by atoms with Crippen LogP contribution in [0.3, 0.4) is 0 Å². The Morgan fingerprint density at radius 2 is 1.08 bits per heavy atom. The topological polar surface area (TPSA) is 27.7 Å². The Bertz CT molecular complexity index is 1030. The van der Waals surface area contributed by atoms with Gasteiger partial charge in [-0.05, 0) is 85.2 Å². The van der Waals surface area contributed by atoms with Crippen LogP contribution in [0.5, 0.6) is 17.2 Å². The molecule has 0 spiro atoms. The van der Waals surface area contributed by atoms with E-state index in [1.54, 1.807) is 0 Å². The molecule has 0 radical (unpaired) electrons. The maximum absolute atomic E-state index is 6.10. The fourth-order valence-corrected chi connectivity index (χ4v) is 4.44. The Morgan fingerprint density at radius 3 is 1.61 bits per heavy atom. The highest BCUT2D eigenvalue weighted by atomic mass is 16.5. The van der Waals surface area contributed by atoms with Crippen LogP contribution in [-0.2, 0) is 23.4 Å². The fourth-order valence-electron chi connectivity index (χ4n) is 4.44. The van der Waals surface area contributed by atoms with Crippen molar-refractivity contribution >= 4 is 0 Å². The highest BCUT2D eigenvalue weighted by molar-refractivity contribution is 5.36. The fraction of sp³-hybridized carbons (Fsp3) is 0.455. The highest BCUT2D eigenvalue weighted by Crippen LogP contribution is 2.30. The molecule has 0 amide bonds. The molecule has 36 heavy (non-hydrogen) atoms. The zero-order chi connectivity index (χ0) is 26.0. The van der Waals surface area contributed by atoms with Gasteiger partial charge in [-0.15, -0.1) is 0 Å². The first-order chi connectivity index (χ1) is 17.2. The molecule has 0 saturated carbocycles. The predicted octanol–water partition coefficient (Wildman–Crippen LogP) is 9.62. The van der Waals surface area contributed by atoms with Gasteiger partial charge in [0.15, 0.2) is 0 Å². The molecule has 0 heterocycles. The Balaban J connectivity index is 1.45. The Kier molecular flexibility index (Phi) is 10.0. The van der Waals surface area contributed by atoms with Crippen LogP contribution in [0.1, 0.15) is 90.3 Å². The van der Waals surface area contributed by atoms with Crippen LogP contribution in [0.2, 0.25) is 0 Å². The largest absolute Gasteiger partial charge is 0.488 e. The number of hydrogen-bond donors (Lipinski definition) is 0. The molecule has 0 aliphatic rings. The molecule has 0 atom stereocenters. The second kappa shape index (κ2) is 13.0. The molecule has 194 valence electrons. The van der Waals surface area contributed by atoms with Crippen molar-refractivity contribution in [3.8, 4) is 17.2 Å². The minimum atomic E-state index is -0.163. The number of benzene rings is 3. The van der Waals surface area contributed by atoms with E-state index in [0.29, 0.717) is 13.2 Å². The first-order valence-corrected chi connectivity index (χ1v) is 13.4. The van der Waals surface area contributed by atoms with Crippen molar-refractivity contribution in [2.24, 2.45) is 0 Å². The van der Waals surface area contributed by atoms with Crippen LogP contribution in [0.25, 0.3) is 0 Å². The van der Waals surface area contributed by atoms with Crippen molar-refractivity contribution in [1.82, 2.24) is 0 Å². The summed E-state index contributed by atoms with van der Waals surface area (Å²) >= 11 is 0. The molecule has 3 rings (SSSR count). The molecular formula is C33H44O3. The van der Waals surface area contributed by atoms with Gasteiger partial charge in [0.25, 0.3) is 0 Å². The third-order valence-corrected chi connectivity index (χ3v) is 6.66. The van der Waals surface area contributed by atoms with E-state index in [1.165, 1.54) is 30.4 Å². The molecule has 0 aliphatic heterocycles. The minimum absolute atomic E-state index is 0.163. The van der Waals surface area contributed by atoms with Gasteiger partial charge in [-0.3, -0.25) is 0 Å². The van der Waals surface area contributed by atoms with Crippen LogP contribution < -0.4 is 9.47 Å². The average Bonchev–Trinajstić information content (AvgIpc) is 2.85. The second-order valence-corrected chi connectivity index (χ2v) is 11.0. The van der Waals surface area contributed by atoms with Crippen LogP contribution in [0.4, 0.5) is 0 Å². The van der Waals surface area contributed by atoms with Crippen LogP contribution in [0.15, 0.2) is 72.8 Å². The summed E-state index contributed by atoms with van der Waals surface area (Å²) in [7, 11) is 0. The molecule has 0 aromatic heterocycles. The zero-order valence-electron chi connectivity index (χ0n) is 23.1. The summed E-state index contributed by atoms with van der Waals surface area (Å²) in [6.07, 6.45) is 5.84. The molecule has 0 saturated heterocycles. The van der Waals surface area contributed by atoms with Gasteiger partial charge in [0.1, 0.15) is 22.8 Å². The summed E-state index contributed by atoms with van der Waals surface area (Å²) in [6, 6.07) is 24.8. The Hall–Kier alpha value is -2.78. The van der Waals surface area contributed by atoms with E-state index >= 15 is 0 Å². The molecule has 3 aromatic rings. The maximum atomic E-state index is 6.10. The molecule has 0 fully saturated rings. The van der Waals surface area contributed by atoms with E-state index in [9.17, 15) is 0 Å². The van der Waals surface area contributed by atoms with Gasteiger partial charge in [0, 0.05) is 0 Å². The third-order valence-electron chi connectivity index (χ3n) is 6.66. The minimum Gasteiger partial charge on any atom is -0.488 e. The molecule has 3 heteroatoms. The van der Waals surface area contributed by atoms with Gasteiger partial charge in [0.05, 0.1) is 13.2 Å². The number of ether oxygens (including phenoxy) is 3. The van der Waals surface area contributed by atoms with Gasteiger partial charge in [-0.25, -0.2) is 0 Å². The van der Waals surface area contributed by atoms with E-state index < -0.39 is 0 Å². The summed E-state index contributed by atoms with van der Waals surface area (Å²) in [5, 5.41) is 0. The van der Waals surface area contributed by atoms with Gasteiger partial charge in [-0.1, -0.05) is 83.4 Å². The first-order valence-electron chi connectivity index (χ1n) is 13.4. The molecule has 0 unspecified atom stereocenters. The van der Waals surface area contributed by atoms with E-state index in [-0.39, 0.29) is 11.0 Å². The molecule has 0 N–H and O–H groups in total. The first kappa shape index (κ1) is 27.8. The van der Waals surface area contributed by atoms with Crippen molar-refractivity contribution in [3.05, 3.63) is 89.5 Å². The monoisotopic (exact) mass is 488 g/mol. The number of rotatable bonds is 14. The number of unbranched alkanes of at least 4 members (excludes halogenated alkanes) is 1. The lowest BCUT2D eigenvalue weighted by molar-refractivity contribution is 0.0985. The zero-order valence-corrected chi connectivity index (χ0v) is 23.1. The van der Waals surface area contributed by atoms with E-state index in [4.69, 9.17) is 14.2 Å². The summed E-state index contributed by atoms with van der Waals surface area (Å²) in [5.41, 5.74) is 3.79. The van der Waals surface area contributed by atoms with Crippen molar-refractivity contribution in [1.29, 1.82) is 0 Å². The predicted molar refractivity (Wildman–Crippen MR) is 150 cm³/mol. The summed E-state index contributed by atoms with van der Waals surface area (Å²) < 4.78 is 18.1. The average molecular weight is 489 g/mol. The number of hydrogen-bond acceptors (Lipinski definition) is 3. The lowest BCUT2D eigenvalue weighted by atomic mass is 9.80. The smallest absolute Gasteiger partial charge is 0.127 e. The van der Waals surface area contributed by atoms with Gasteiger partial charge in [0.2, 0.25) is 0 Å².